The van der Waals surface area contributed by atoms with Gasteiger partial charge in [0.2, 0.25) is 5.96 Å². The third-order valence-electron chi connectivity index (χ3n) is 1.60. The van der Waals surface area contributed by atoms with Gasteiger partial charge in [0, 0.05) is 0 Å². The summed E-state index contributed by atoms with van der Waals surface area (Å²) in [7, 11) is 0. The van der Waals surface area contributed by atoms with Crippen LogP contribution in [0.2, 0.25) is 0 Å². The van der Waals surface area contributed by atoms with Crippen LogP contribution in [-0.2, 0) is 0 Å². The van der Waals surface area contributed by atoms with Crippen LogP contribution in [0.15, 0.2) is 28.4 Å². The van der Waals surface area contributed by atoms with E-state index in [1.54, 1.807) is 13.0 Å². The molecule has 0 amide bonds. The lowest BCUT2D eigenvalue weighted by Gasteiger charge is -1.97. The number of nitrogens with zero attached hydrogens (tertiary/aromatic N) is 2. The van der Waals surface area contributed by atoms with E-state index in [0.717, 1.165) is 11.1 Å². The SMILES string of the molecule is Cc1cc(F)ccc1C=NN=C(N)N. The van der Waals surface area contributed by atoms with Crippen LogP contribution < -0.4 is 11.5 Å². The predicted molar refractivity (Wildman–Crippen MR) is 54.5 cm³/mol. The van der Waals surface area contributed by atoms with Crippen LogP contribution in [0, 0.1) is 12.7 Å². The summed E-state index contributed by atoms with van der Waals surface area (Å²) >= 11 is 0. The van der Waals surface area contributed by atoms with Gasteiger partial charge in [-0.25, -0.2) is 4.39 Å². The molecule has 0 bridgehead atoms. The van der Waals surface area contributed by atoms with Crippen molar-refractivity contribution in [3.8, 4) is 0 Å². The first kappa shape index (κ1) is 10.2. The molecular weight excluding hydrogens is 183 g/mol. The van der Waals surface area contributed by atoms with E-state index in [1.807, 2.05) is 0 Å². The van der Waals surface area contributed by atoms with Crippen LogP contribution in [0.3, 0.4) is 0 Å². The summed E-state index contributed by atoms with van der Waals surface area (Å²) in [5.74, 6) is -0.387. The van der Waals surface area contributed by atoms with Crippen molar-refractivity contribution in [1.29, 1.82) is 0 Å². The van der Waals surface area contributed by atoms with Crippen LogP contribution in [0.4, 0.5) is 4.39 Å². The maximum atomic E-state index is 12.7. The largest absolute Gasteiger partial charge is 0.369 e. The number of guanidine groups is 1. The summed E-state index contributed by atoms with van der Waals surface area (Å²) < 4.78 is 12.7. The standard InChI is InChI=1S/C9H11FN4/c1-6-4-8(10)3-2-7(6)5-13-14-9(11)12/h2-5H,1H3,(H4,11,12,14). The Bertz CT molecular complexity index is 380. The summed E-state index contributed by atoms with van der Waals surface area (Å²) in [6.07, 6.45) is 1.47. The van der Waals surface area contributed by atoms with E-state index in [2.05, 4.69) is 10.2 Å². The van der Waals surface area contributed by atoms with Crippen molar-refractivity contribution in [2.75, 3.05) is 0 Å². The molecule has 4 nitrogen and oxygen atoms in total. The summed E-state index contributed by atoms with van der Waals surface area (Å²) in [5.41, 5.74) is 11.7. The number of hydrogen-bond donors (Lipinski definition) is 2. The third kappa shape index (κ3) is 2.85. The first-order valence-electron chi connectivity index (χ1n) is 3.97. The number of hydrogen-bond acceptors (Lipinski definition) is 2. The van der Waals surface area contributed by atoms with Crippen LogP contribution in [0.25, 0.3) is 0 Å². The molecule has 1 rings (SSSR count). The minimum atomic E-state index is -0.276. The van der Waals surface area contributed by atoms with Gasteiger partial charge in [0.05, 0.1) is 6.21 Å². The molecule has 1 aromatic carbocycles. The van der Waals surface area contributed by atoms with Crippen LogP contribution in [0.1, 0.15) is 11.1 Å². The zero-order valence-corrected chi connectivity index (χ0v) is 7.74. The van der Waals surface area contributed by atoms with Crippen molar-refractivity contribution in [3.63, 3.8) is 0 Å². The highest BCUT2D eigenvalue weighted by atomic mass is 19.1. The van der Waals surface area contributed by atoms with Crippen molar-refractivity contribution >= 4 is 12.2 Å². The van der Waals surface area contributed by atoms with E-state index in [0.29, 0.717) is 0 Å². The molecule has 4 N–H and O–H groups in total. The van der Waals surface area contributed by atoms with Gasteiger partial charge >= 0.3 is 0 Å². The summed E-state index contributed by atoms with van der Waals surface area (Å²) in [5, 5.41) is 7.05. The molecule has 0 aliphatic carbocycles. The van der Waals surface area contributed by atoms with Crippen LogP contribution in [0.5, 0.6) is 0 Å². The molecule has 0 aliphatic heterocycles. The Kier molecular flexibility index (Phi) is 3.17. The van der Waals surface area contributed by atoms with Gasteiger partial charge in [-0.3, -0.25) is 0 Å². The summed E-state index contributed by atoms with van der Waals surface area (Å²) in [6.45, 7) is 1.78. The van der Waals surface area contributed by atoms with Crippen molar-refractivity contribution in [2.45, 2.75) is 6.92 Å². The van der Waals surface area contributed by atoms with Gasteiger partial charge in [-0.1, -0.05) is 6.07 Å². The van der Waals surface area contributed by atoms with Gasteiger partial charge < -0.3 is 11.5 Å². The quantitative estimate of drug-likeness (QED) is 0.414. The van der Waals surface area contributed by atoms with Gasteiger partial charge in [-0.05, 0) is 30.2 Å². The maximum Gasteiger partial charge on any atom is 0.211 e. The second-order valence-corrected chi connectivity index (χ2v) is 2.77. The summed E-state index contributed by atoms with van der Waals surface area (Å²) in [4.78, 5) is 0. The second kappa shape index (κ2) is 4.36. The van der Waals surface area contributed by atoms with Crippen molar-refractivity contribution in [2.24, 2.45) is 21.7 Å². The van der Waals surface area contributed by atoms with Gasteiger partial charge in [-0.15, -0.1) is 5.10 Å². The van der Waals surface area contributed by atoms with Gasteiger partial charge in [0.1, 0.15) is 5.82 Å². The van der Waals surface area contributed by atoms with E-state index in [4.69, 9.17) is 11.5 Å². The van der Waals surface area contributed by atoms with Gasteiger partial charge in [0.25, 0.3) is 0 Å². The molecule has 0 heterocycles. The lowest BCUT2D eigenvalue weighted by atomic mass is 10.1. The summed E-state index contributed by atoms with van der Waals surface area (Å²) in [6, 6.07) is 4.37. The van der Waals surface area contributed by atoms with Crippen LogP contribution >= 0.6 is 0 Å². The molecule has 0 radical (unpaired) electrons. The lowest BCUT2D eigenvalue weighted by molar-refractivity contribution is 0.626. The molecule has 0 fully saturated rings. The Hall–Kier alpha value is -1.91. The normalized spacial score (nSPS) is 10.4. The Morgan fingerprint density at radius 2 is 2.14 bits per heavy atom. The predicted octanol–water partition coefficient (Wildman–Crippen LogP) is 0.741. The molecule has 74 valence electrons. The first-order valence-corrected chi connectivity index (χ1v) is 3.97. The Morgan fingerprint density at radius 3 is 2.71 bits per heavy atom. The highest BCUT2D eigenvalue weighted by Crippen LogP contribution is 2.07. The van der Waals surface area contributed by atoms with Crippen LogP contribution in [-0.4, -0.2) is 12.2 Å². The van der Waals surface area contributed by atoms with Crippen molar-refractivity contribution in [1.82, 2.24) is 0 Å². The van der Waals surface area contributed by atoms with E-state index >= 15 is 0 Å². The zero-order chi connectivity index (χ0) is 10.6. The van der Waals surface area contributed by atoms with Crippen molar-refractivity contribution < 1.29 is 4.39 Å². The van der Waals surface area contributed by atoms with E-state index in [-0.39, 0.29) is 11.8 Å². The fourth-order valence-electron chi connectivity index (χ4n) is 0.942. The zero-order valence-electron chi connectivity index (χ0n) is 7.74. The Labute approximate surface area is 81.1 Å². The Balaban J connectivity index is 2.87. The smallest absolute Gasteiger partial charge is 0.211 e. The molecule has 0 unspecified atom stereocenters. The molecule has 0 spiro atoms. The number of rotatable bonds is 2. The number of benzene rings is 1. The second-order valence-electron chi connectivity index (χ2n) is 2.77. The molecule has 14 heavy (non-hydrogen) atoms. The maximum absolute atomic E-state index is 12.7. The lowest BCUT2D eigenvalue weighted by Crippen LogP contribution is -2.21. The minimum Gasteiger partial charge on any atom is -0.369 e. The average Bonchev–Trinajstić information content (AvgIpc) is 2.08. The number of aryl methyl sites for hydroxylation is 1. The van der Waals surface area contributed by atoms with E-state index in [9.17, 15) is 4.39 Å². The van der Waals surface area contributed by atoms with E-state index < -0.39 is 0 Å². The van der Waals surface area contributed by atoms with Gasteiger partial charge in [0.15, 0.2) is 0 Å². The third-order valence-corrected chi connectivity index (χ3v) is 1.60. The fourth-order valence-corrected chi connectivity index (χ4v) is 0.942. The Morgan fingerprint density at radius 1 is 1.43 bits per heavy atom. The van der Waals surface area contributed by atoms with Crippen molar-refractivity contribution in [3.05, 3.63) is 35.1 Å². The molecule has 0 aromatic heterocycles. The van der Waals surface area contributed by atoms with E-state index in [1.165, 1.54) is 18.3 Å². The highest BCUT2D eigenvalue weighted by Gasteiger charge is 1.96. The molecule has 5 heteroatoms. The monoisotopic (exact) mass is 194 g/mol. The first-order chi connectivity index (χ1) is 6.59. The molecule has 0 aliphatic rings. The minimum absolute atomic E-state index is 0.110. The number of nitrogens with two attached hydrogens (primary N) is 2. The average molecular weight is 194 g/mol. The molecule has 0 atom stereocenters. The highest BCUT2D eigenvalue weighted by molar-refractivity contribution is 5.83. The molecule has 0 saturated carbocycles. The fraction of sp³-hybridized carbons (Fsp3) is 0.111. The van der Waals surface area contributed by atoms with Gasteiger partial charge in [-0.2, -0.15) is 5.10 Å². The molecule has 1 aromatic rings. The number of halogens is 1. The topological polar surface area (TPSA) is 76.8 Å². The molecule has 0 saturated heterocycles. The molecular formula is C9H11FN4.